The summed E-state index contributed by atoms with van der Waals surface area (Å²) in [6.07, 6.45) is 5.87. The number of aromatic nitrogens is 1. The molecule has 2 aromatic rings. The van der Waals surface area contributed by atoms with Crippen LogP contribution in [0, 0.1) is 9.39 Å². The summed E-state index contributed by atoms with van der Waals surface area (Å²) in [7, 11) is 0. The van der Waals surface area contributed by atoms with Crippen LogP contribution in [0.4, 0.5) is 4.39 Å². The minimum absolute atomic E-state index is 0.159. The lowest BCUT2D eigenvalue weighted by Crippen LogP contribution is -1.88. The van der Waals surface area contributed by atoms with E-state index in [2.05, 4.69) is 43.5 Å². The zero-order valence-electron chi connectivity index (χ0n) is 9.25. The smallest absolute Gasteiger partial charge is 0.139 e. The standard InChI is InChI=1S/C13H12BrFIN/c14-12-8(15)6-9(16)13-11(12)7-4-2-1-3-5-10(7)17-13/h6,17H,1-5H2. The number of hydrogen-bond acceptors (Lipinski definition) is 0. The molecule has 1 aromatic carbocycles. The molecule has 1 aromatic heterocycles. The van der Waals surface area contributed by atoms with E-state index in [1.807, 2.05) is 0 Å². The molecule has 0 atom stereocenters. The Kier molecular flexibility index (Phi) is 3.19. The van der Waals surface area contributed by atoms with Crippen molar-refractivity contribution < 1.29 is 4.39 Å². The van der Waals surface area contributed by atoms with Gasteiger partial charge in [-0.15, -0.1) is 0 Å². The Morgan fingerprint density at radius 3 is 2.82 bits per heavy atom. The van der Waals surface area contributed by atoms with Crippen LogP contribution in [0.2, 0.25) is 0 Å². The third-order valence-electron chi connectivity index (χ3n) is 3.47. The van der Waals surface area contributed by atoms with Crippen molar-refractivity contribution in [1.82, 2.24) is 4.98 Å². The van der Waals surface area contributed by atoms with Crippen LogP contribution in [0.5, 0.6) is 0 Å². The summed E-state index contributed by atoms with van der Waals surface area (Å²) in [6.45, 7) is 0. The first-order valence-electron chi connectivity index (χ1n) is 5.85. The first-order valence-corrected chi connectivity index (χ1v) is 7.72. The molecular weight excluding hydrogens is 396 g/mol. The fourth-order valence-corrected chi connectivity index (χ4v) is 3.88. The molecule has 0 saturated heterocycles. The fraction of sp³-hybridized carbons (Fsp3) is 0.385. The Bertz CT molecular complexity index is 591. The van der Waals surface area contributed by atoms with Crippen LogP contribution in [-0.4, -0.2) is 4.98 Å². The van der Waals surface area contributed by atoms with Crippen LogP contribution >= 0.6 is 38.5 Å². The molecule has 1 aliphatic rings. The SMILES string of the molecule is Fc1cc(I)c2[nH]c3c(c2c1Br)CCCCC3. The monoisotopic (exact) mass is 407 g/mol. The van der Waals surface area contributed by atoms with Gasteiger partial charge in [-0.3, -0.25) is 0 Å². The Morgan fingerprint density at radius 1 is 1.24 bits per heavy atom. The third-order valence-corrected chi connectivity index (χ3v) is 5.09. The quantitative estimate of drug-likeness (QED) is 0.361. The van der Waals surface area contributed by atoms with Crippen molar-refractivity contribution in [2.75, 3.05) is 0 Å². The maximum atomic E-state index is 13.8. The fourth-order valence-electron chi connectivity index (χ4n) is 2.65. The van der Waals surface area contributed by atoms with Crippen LogP contribution in [0.25, 0.3) is 10.9 Å². The maximum absolute atomic E-state index is 13.8. The van der Waals surface area contributed by atoms with Gasteiger partial charge in [0.2, 0.25) is 0 Å². The van der Waals surface area contributed by atoms with E-state index in [0.717, 1.165) is 27.3 Å². The Balaban J connectivity index is 2.36. The van der Waals surface area contributed by atoms with Gasteiger partial charge in [0.05, 0.1) is 9.99 Å². The number of hydrogen-bond donors (Lipinski definition) is 1. The molecule has 0 bridgehead atoms. The number of benzene rings is 1. The van der Waals surface area contributed by atoms with Gasteiger partial charge < -0.3 is 4.98 Å². The van der Waals surface area contributed by atoms with Crippen molar-refractivity contribution in [3.05, 3.63) is 31.2 Å². The van der Waals surface area contributed by atoms with Crippen LogP contribution < -0.4 is 0 Å². The highest BCUT2D eigenvalue weighted by Crippen LogP contribution is 2.37. The van der Waals surface area contributed by atoms with Gasteiger partial charge in [0, 0.05) is 14.7 Å². The lowest BCUT2D eigenvalue weighted by Gasteiger charge is -2.03. The minimum Gasteiger partial charge on any atom is -0.357 e. The van der Waals surface area contributed by atoms with Crippen LogP contribution in [0.1, 0.15) is 30.5 Å². The van der Waals surface area contributed by atoms with Gasteiger partial charge in [0.25, 0.3) is 0 Å². The van der Waals surface area contributed by atoms with Gasteiger partial charge in [-0.05, 0) is 75.8 Å². The Labute approximate surface area is 121 Å². The second-order valence-corrected chi connectivity index (χ2v) is 6.50. The number of H-pyrrole nitrogens is 1. The van der Waals surface area contributed by atoms with Crippen LogP contribution in [-0.2, 0) is 12.8 Å². The second-order valence-electron chi connectivity index (χ2n) is 4.55. The van der Waals surface area contributed by atoms with Crippen molar-refractivity contribution in [1.29, 1.82) is 0 Å². The topological polar surface area (TPSA) is 15.8 Å². The van der Waals surface area contributed by atoms with Crippen molar-refractivity contribution in [2.45, 2.75) is 32.1 Å². The van der Waals surface area contributed by atoms with E-state index < -0.39 is 0 Å². The van der Waals surface area contributed by atoms with E-state index in [0.29, 0.717) is 4.47 Å². The number of halogens is 3. The summed E-state index contributed by atoms with van der Waals surface area (Å²) in [4.78, 5) is 3.49. The molecule has 0 fully saturated rings. The van der Waals surface area contributed by atoms with E-state index >= 15 is 0 Å². The van der Waals surface area contributed by atoms with E-state index in [-0.39, 0.29) is 5.82 Å². The molecular formula is C13H12BrFIN. The molecule has 1 aliphatic carbocycles. The number of rotatable bonds is 0. The zero-order valence-corrected chi connectivity index (χ0v) is 13.0. The minimum atomic E-state index is -0.159. The molecule has 4 heteroatoms. The summed E-state index contributed by atoms with van der Waals surface area (Å²) in [5, 5.41) is 1.06. The largest absolute Gasteiger partial charge is 0.357 e. The number of aromatic amines is 1. The van der Waals surface area contributed by atoms with Gasteiger partial charge in [0.1, 0.15) is 5.82 Å². The summed E-state index contributed by atoms with van der Waals surface area (Å²) in [5.41, 5.74) is 3.72. The van der Waals surface area contributed by atoms with Crippen LogP contribution in [0.3, 0.4) is 0 Å². The molecule has 0 amide bonds. The van der Waals surface area contributed by atoms with Crippen molar-refractivity contribution in [3.63, 3.8) is 0 Å². The molecule has 0 radical (unpaired) electrons. The van der Waals surface area contributed by atoms with Gasteiger partial charge >= 0.3 is 0 Å². The van der Waals surface area contributed by atoms with Gasteiger partial charge in [0.15, 0.2) is 0 Å². The van der Waals surface area contributed by atoms with Gasteiger partial charge in [-0.2, -0.15) is 0 Å². The normalized spacial score (nSPS) is 15.9. The summed E-state index contributed by atoms with van der Waals surface area (Å²) in [5.74, 6) is -0.159. The number of fused-ring (bicyclic) bond motifs is 3. The second kappa shape index (κ2) is 4.53. The molecule has 1 heterocycles. The molecule has 0 saturated carbocycles. The summed E-state index contributed by atoms with van der Waals surface area (Å²) >= 11 is 5.60. The molecule has 17 heavy (non-hydrogen) atoms. The predicted octanol–water partition coefficient (Wildman–Crippen LogP) is 4.94. The maximum Gasteiger partial charge on any atom is 0.139 e. The van der Waals surface area contributed by atoms with E-state index in [4.69, 9.17) is 0 Å². The van der Waals surface area contributed by atoms with E-state index in [1.54, 1.807) is 6.07 Å². The highest BCUT2D eigenvalue weighted by molar-refractivity contribution is 14.1. The number of aryl methyl sites for hydroxylation is 2. The summed E-state index contributed by atoms with van der Waals surface area (Å²) < 4.78 is 15.4. The first kappa shape index (κ1) is 12.0. The van der Waals surface area contributed by atoms with E-state index in [9.17, 15) is 4.39 Å². The van der Waals surface area contributed by atoms with Crippen LogP contribution in [0.15, 0.2) is 10.5 Å². The Morgan fingerprint density at radius 2 is 2.00 bits per heavy atom. The average molecular weight is 408 g/mol. The molecule has 90 valence electrons. The van der Waals surface area contributed by atoms with E-state index in [1.165, 1.54) is 30.5 Å². The molecule has 0 spiro atoms. The molecule has 1 N–H and O–H groups in total. The third kappa shape index (κ3) is 1.93. The Hall–Kier alpha value is -0.100. The summed E-state index contributed by atoms with van der Waals surface area (Å²) in [6, 6.07) is 1.59. The predicted molar refractivity (Wildman–Crippen MR) is 79.9 cm³/mol. The molecule has 3 rings (SSSR count). The van der Waals surface area contributed by atoms with Crippen molar-refractivity contribution in [2.24, 2.45) is 0 Å². The highest BCUT2D eigenvalue weighted by atomic mass is 127. The van der Waals surface area contributed by atoms with Gasteiger partial charge in [-0.1, -0.05) is 6.42 Å². The molecule has 0 unspecified atom stereocenters. The average Bonchev–Trinajstić information content (AvgIpc) is 2.51. The van der Waals surface area contributed by atoms with Crippen molar-refractivity contribution in [3.8, 4) is 0 Å². The lowest BCUT2D eigenvalue weighted by atomic mass is 10.1. The van der Waals surface area contributed by atoms with Crippen molar-refractivity contribution >= 4 is 49.4 Å². The highest BCUT2D eigenvalue weighted by Gasteiger charge is 2.19. The molecule has 1 nitrogen and oxygen atoms in total. The van der Waals surface area contributed by atoms with Gasteiger partial charge in [-0.25, -0.2) is 4.39 Å². The lowest BCUT2D eigenvalue weighted by molar-refractivity contribution is 0.622. The number of nitrogens with one attached hydrogen (secondary N) is 1. The zero-order chi connectivity index (χ0) is 12.0. The first-order chi connectivity index (χ1) is 8.18. The molecule has 0 aliphatic heterocycles.